The molecule has 0 saturated heterocycles. The maximum Gasteiger partial charge on any atom is 0.305 e. The fourth-order valence-corrected chi connectivity index (χ4v) is 2.70. The number of carboxylic acid groups (broad SMARTS) is 1. The Kier molecular flexibility index (Phi) is 5.32. The van der Waals surface area contributed by atoms with E-state index in [4.69, 9.17) is 9.52 Å². The van der Waals surface area contributed by atoms with Crippen LogP contribution in [0.1, 0.15) is 26.0 Å². The summed E-state index contributed by atoms with van der Waals surface area (Å²) in [6, 6.07) is 3.74. The lowest BCUT2D eigenvalue weighted by atomic mass is 10.2. The first-order valence-electron chi connectivity index (χ1n) is 6.97. The molecule has 0 spiro atoms. The molecule has 0 aromatic carbocycles. The largest absolute Gasteiger partial charge is 0.481 e. The quantitative estimate of drug-likeness (QED) is 0.847. The molecule has 0 radical (unpaired) electrons. The summed E-state index contributed by atoms with van der Waals surface area (Å²) in [7, 11) is 0. The van der Waals surface area contributed by atoms with Gasteiger partial charge in [-0.1, -0.05) is 6.07 Å². The lowest BCUT2D eigenvalue weighted by Crippen LogP contribution is -2.39. The molecule has 6 nitrogen and oxygen atoms in total. The number of nitrogens with zero attached hydrogens (tertiary/aromatic N) is 2. The molecule has 0 aliphatic carbocycles. The molecule has 0 saturated carbocycles. The topological polar surface area (TPSA) is 83.6 Å². The molecule has 22 heavy (non-hydrogen) atoms. The third-order valence-corrected chi connectivity index (χ3v) is 3.98. The SMILES string of the molecule is CC(C)N(CCC(=O)O)C(=O)Cc1coc(-c2cccs2)n1. The number of carbonyl (C=O) groups excluding carboxylic acids is 1. The van der Waals surface area contributed by atoms with E-state index in [0.717, 1.165) is 4.88 Å². The van der Waals surface area contributed by atoms with Crippen LogP contribution < -0.4 is 0 Å². The van der Waals surface area contributed by atoms with Crippen molar-refractivity contribution in [1.82, 2.24) is 9.88 Å². The van der Waals surface area contributed by atoms with Gasteiger partial charge in [0.15, 0.2) is 0 Å². The number of carbonyl (C=O) groups is 2. The Morgan fingerprint density at radius 3 is 2.82 bits per heavy atom. The third kappa shape index (κ3) is 4.17. The highest BCUT2D eigenvalue weighted by Gasteiger charge is 2.20. The van der Waals surface area contributed by atoms with Crippen LogP contribution in [0.2, 0.25) is 0 Å². The smallest absolute Gasteiger partial charge is 0.305 e. The van der Waals surface area contributed by atoms with Crippen molar-refractivity contribution in [3.05, 3.63) is 29.5 Å². The van der Waals surface area contributed by atoms with Crippen LogP contribution in [-0.4, -0.2) is 39.5 Å². The van der Waals surface area contributed by atoms with E-state index in [-0.39, 0.29) is 31.3 Å². The van der Waals surface area contributed by atoms with Gasteiger partial charge in [-0.2, -0.15) is 0 Å². The number of aliphatic carboxylic acids is 1. The Hall–Kier alpha value is -2.15. The molecule has 118 valence electrons. The summed E-state index contributed by atoms with van der Waals surface area (Å²) in [4.78, 5) is 29.8. The van der Waals surface area contributed by atoms with Crippen molar-refractivity contribution in [1.29, 1.82) is 0 Å². The van der Waals surface area contributed by atoms with Gasteiger partial charge in [0.2, 0.25) is 11.8 Å². The van der Waals surface area contributed by atoms with E-state index in [1.165, 1.54) is 17.6 Å². The Labute approximate surface area is 132 Å². The summed E-state index contributed by atoms with van der Waals surface area (Å²) in [5.74, 6) is -0.568. The molecule has 2 rings (SSSR count). The van der Waals surface area contributed by atoms with Crippen molar-refractivity contribution in [3.63, 3.8) is 0 Å². The van der Waals surface area contributed by atoms with Crippen LogP contribution in [-0.2, 0) is 16.0 Å². The van der Waals surface area contributed by atoms with Gasteiger partial charge in [-0.25, -0.2) is 4.98 Å². The normalized spacial score (nSPS) is 10.9. The van der Waals surface area contributed by atoms with E-state index < -0.39 is 5.97 Å². The maximum absolute atomic E-state index is 12.3. The zero-order valence-electron chi connectivity index (χ0n) is 12.5. The van der Waals surface area contributed by atoms with Gasteiger partial charge in [0.25, 0.3) is 0 Å². The molecule has 0 unspecified atom stereocenters. The first-order valence-corrected chi connectivity index (χ1v) is 7.85. The minimum absolute atomic E-state index is 0.0597. The third-order valence-electron chi connectivity index (χ3n) is 3.13. The summed E-state index contributed by atoms with van der Waals surface area (Å²) in [6.45, 7) is 3.92. The number of hydrogen-bond donors (Lipinski definition) is 1. The van der Waals surface area contributed by atoms with Crippen LogP contribution in [0.25, 0.3) is 10.8 Å². The number of aromatic nitrogens is 1. The summed E-state index contributed by atoms with van der Waals surface area (Å²) in [5, 5.41) is 10.7. The Balaban J connectivity index is 2.02. The zero-order chi connectivity index (χ0) is 16.1. The zero-order valence-corrected chi connectivity index (χ0v) is 13.3. The highest BCUT2D eigenvalue weighted by Crippen LogP contribution is 2.23. The van der Waals surface area contributed by atoms with Crippen LogP contribution in [0.3, 0.4) is 0 Å². The van der Waals surface area contributed by atoms with Crippen LogP contribution in [0.5, 0.6) is 0 Å². The number of carboxylic acids is 1. The van der Waals surface area contributed by atoms with Gasteiger partial charge in [-0.15, -0.1) is 11.3 Å². The second-order valence-corrected chi connectivity index (χ2v) is 6.07. The Bertz CT molecular complexity index is 634. The van der Waals surface area contributed by atoms with Crippen LogP contribution in [0.15, 0.2) is 28.2 Å². The molecule has 1 N–H and O–H groups in total. The summed E-state index contributed by atoms with van der Waals surface area (Å²) >= 11 is 1.51. The molecule has 1 amide bonds. The molecule has 0 atom stereocenters. The number of amides is 1. The van der Waals surface area contributed by atoms with Gasteiger partial charge < -0.3 is 14.4 Å². The highest BCUT2D eigenvalue weighted by molar-refractivity contribution is 7.13. The van der Waals surface area contributed by atoms with E-state index in [9.17, 15) is 9.59 Å². The van der Waals surface area contributed by atoms with Gasteiger partial charge in [0, 0.05) is 12.6 Å². The Morgan fingerprint density at radius 1 is 1.45 bits per heavy atom. The molecular weight excluding hydrogens is 304 g/mol. The van der Waals surface area contributed by atoms with Crippen molar-refractivity contribution in [3.8, 4) is 10.8 Å². The summed E-state index contributed by atoms with van der Waals surface area (Å²) in [6.07, 6.45) is 1.51. The molecule has 7 heteroatoms. The van der Waals surface area contributed by atoms with E-state index in [2.05, 4.69) is 4.98 Å². The van der Waals surface area contributed by atoms with Crippen molar-refractivity contribution in [2.75, 3.05) is 6.54 Å². The maximum atomic E-state index is 12.3. The monoisotopic (exact) mass is 322 g/mol. The fraction of sp³-hybridized carbons (Fsp3) is 0.400. The first-order chi connectivity index (χ1) is 10.5. The van der Waals surface area contributed by atoms with Crippen molar-refractivity contribution in [2.45, 2.75) is 32.7 Å². The number of thiophene rings is 1. The molecular formula is C15H18N2O4S. The molecule has 0 aliphatic heterocycles. The molecule has 2 heterocycles. The van der Waals surface area contributed by atoms with Gasteiger partial charge in [0.1, 0.15) is 6.26 Å². The second-order valence-electron chi connectivity index (χ2n) is 5.12. The molecule has 0 aliphatic rings. The van der Waals surface area contributed by atoms with Gasteiger partial charge in [0.05, 0.1) is 23.4 Å². The van der Waals surface area contributed by atoms with Crippen LogP contribution in [0, 0.1) is 0 Å². The van der Waals surface area contributed by atoms with Crippen molar-refractivity contribution < 1.29 is 19.1 Å². The minimum Gasteiger partial charge on any atom is -0.481 e. The van der Waals surface area contributed by atoms with Crippen LogP contribution >= 0.6 is 11.3 Å². The second kappa shape index (κ2) is 7.22. The fourth-order valence-electron chi connectivity index (χ4n) is 2.05. The minimum atomic E-state index is -0.917. The molecule has 2 aromatic heterocycles. The summed E-state index contributed by atoms with van der Waals surface area (Å²) < 4.78 is 5.38. The van der Waals surface area contributed by atoms with Crippen molar-refractivity contribution >= 4 is 23.2 Å². The van der Waals surface area contributed by atoms with Crippen LogP contribution in [0.4, 0.5) is 0 Å². The number of hydrogen-bond acceptors (Lipinski definition) is 5. The number of oxazole rings is 1. The predicted octanol–water partition coefficient (Wildman–Crippen LogP) is 2.66. The highest BCUT2D eigenvalue weighted by atomic mass is 32.1. The average molecular weight is 322 g/mol. The first kappa shape index (κ1) is 16.2. The molecule has 0 bridgehead atoms. The average Bonchev–Trinajstić information content (AvgIpc) is 3.08. The lowest BCUT2D eigenvalue weighted by molar-refractivity contribution is -0.139. The van der Waals surface area contributed by atoms with Gasteiger partial charge in [-0.05, 0) is 25.3 Å². The van der Waals surface area contributed by atoms with E-state index >= 15 is 0 Å². The molecule has 2 aromatic rings. The van der Waals surface area contributed by atoms with E-state index in [0.29, 0.717) is 11.6 Å². The number of rotatable bonds is 7. The predicted molar refractivity (Wildman–Crippen MR) is 82.6 cm³/mol. The molecule has 0 fully saturated rings. The standard InChI is InChI=1S/C15H18N2O4S/c1-10(2)17(6-5-14(19)20)13(18)8-11-9-21-15(16-11)12-4-3-7-22-12/h3-4,7,9-10H,5-6,8H2,1-2H3,(H,19,20). The van der Waals surface area contributed by atoms with E-state index in [1.807, 2.05) is 31.4 Å². The van der Waals surface area contributed by atoms with E-state index in [1.54, 1.807) is 4.90 Å². The van der Waals surface area contributed by atoms with Gasteiger partial charge in [-0.3, -0.25) is 9.59 Å². The Morgan fingerprint density at radius 2 is 2.23 bits per heavy atom. The van der Waals surface area contributed by atoms with Crippen molar-refractivity contribution in [2.24, 2.45) is 0 Å². The summed E-state index contributed by atoms with van der Waals surface area (Å²) in [5.41, 5.74) is 0.550. The lowest BCUT2D eigenvalue weighted by Gasteiger charge is -2.25. The van der Waals surface area contributed by atoms with Gasteiger partial charge >= 0.3 is 5.97 Å².